The molecule has 2 aromatic carbocycles. The van der Waals surface area contributed by atoms with E-state index in [0.717, 1.165) is 3.57 Å². The van der Waals surface area contributed by atoms with Crippen LogP contribution in [0.5, 0.6) is 5.75 Å². The summed E-state index contributed by atoms with van der Waals surface area (Å²) in [4.78, 5) is 23.5. The van der Waals surface area contributed by atoms with Crippen LogP contribution in [0.15, 0.2) is 48.5 Å². The van der Waals surface area contributed by atoms with Crippen molar-refractivity contribution in [3.63, 3.8) is 0 Å². The van der Waals surface area contributed by atoms with Gasteiger partial charge in [-0.2, -0.15) is 0 Å². The van der Waals surface area contributed by atoms with E-state index in [1.54, 1.807) is 12.1 Å². The molecule has 0 saturated carbocycles. The Balaban J connectivity index is 1.70. The quantitative estimate of drug-likeness (QED) is 0.685. The summed E-state index contributed by atoms with van der Waals surface area (Å²) in [5.74, 6) is -0.354. The Kier molecular flexibility index (Phi) is 6.52. The number of rotatable bonds is 7. The summed E-state index contributed by atoms with van der Waals surface area (Å²) in [6, 6.07) is 12.8. The van der Waals surface area contributed by atoms with Crippen LogP contribution in [-0.4, -0.2) is 18.3 Å². The van der Waals surface area contributed by atoms with E-state index in [9.17, 15) is 14.0 Å². The highest BCUT2D eigenvalue weighted by Crippen LogP contribution is 2.13. The van der Waals surface area contributed by atoms with E-state index in [4.69, 9.17) is 4.74 Å². The van der Waals surface area contributed by atoms with Gasteiger partial charge in [-0.15, -0.1) is 0 Å². The number of ether oxygens (including phenoxy) is 1. The summed E-state index contributed by atoms with van der Waals surface area (Å²) in [7, 11) is 0. The second kappa shape index (κ2) is 8.61. The second-order valence-electron chi connectivity index (χ2n) is 4.84. The molecule has 0 fully saturated rings. The number of hydrogen-bond donors (Lipinski definition) is 1. The molecule has 0 saturated heterocycles. The predicted molar refractivity (Wildman–Crippen MR) is 93.9 cm³/mol. The minimum Gasteiger partial charge on any atom is -0.486 e. The maximum atomic E-state index is 12.7. The standard InChI is InChI=1S/C17H15FINO3/c18-12-1-8-16(9-2-12)23-11-15(21)7-10-17(22)20-14-5-3-13(19)4-6-14/h1-6,8-9H,7,10-11H2,(H,20,22). The van der Waals surface area contributed by atoms with Crippen LogP contribution in [0.2, 0.25) is 0 Å². The molecule has 0 aliphatic carbocycles. The first-order valence-corrected chi connectivity index (χ1v) is 8.06. The molecule has 2 aromatic rings. The van der Waals surface area contributed by atoms with Crippen molar-refractivity contribution in [1.29, 1.82) is 0 Å². The van der Waals surface area contributed by atoms with Crippen LogP contribution in [0.3, 0.4) is 0 Å². The lowest BCUT2D eigenvalue weighted by Crippen LogP contribution is -2.16. The summed E-state index contributed by atoms with van der Waals surface area (Å²) in [5.41, 5.74) is 0.699. The molecule has 0 heterocycles. The van der Waals surface area contributed by atoms with Gasteiger partial charge in [0.1, 0.15) is 18.2 Å². The first-order chi connectivity index (χ1) is 11.0. The molecular weight excluding hydrogens is 412 g/mol. The van der Waals surface area contributed by atoms with Gasteiger partial charge in [-0.25, -0.2) is 4.39 Å². The lowest BCUT2D eigenvalue weighted by atomic mass is 10.2. The lowest BCUT2D eigenvalue weighted by molar-refractivity contribution is -0.124. The molecule has 23 heavy (non-hydrogen) atoms. The molecule has 120 valence electrons. The van der Waals surface area contributed by atoms with E-state index in [1.807, 2.05) is 12.1 Å². The lowest BCUT2D eigenvalue weighted by Gasteiger charge is -2.06. The van der Waals surface area contributed by atoms with Crippen molar-refractivity contribution in [2.45, 2.75) is 12.8 Å². The summed E-state index contributed by atoms with van der Waals surface area (Å²) >= 11 is 2.18. The number of nitrogens with one attached hydrogen (secondary N) is 1. The van der Waals surface area contributed by atoms with E-state index in [0.29, 0.717) is 11.4 Å². The van der Waals surface area contributed by atoms with Crippen molar-refractivity contribution >= 4 is 40.0 Å². The fraction of sp³-hybridized carbons (Fsp3) is 0.176. The van der Waals surface area contributed by atoms with Crippen LogP contribution in [0, 0.1) is 9.39 Å². The Labute approximate surface area is 147 Å². The van der Waals surface area contributed by atoms with Gasteiger partial charge in [-0.05, 0) is 71.1 Å². The molecule has 0 radical (unpaired) electrons. The van der Waals surface area contributed by atoms with Crippen molar-refractivity contribution in [2.24, 2.45) is 0 Å². The Hall–Kier alpha value is -1.96. The van der Waals surface area contributed by atoms with Gasteiger partial charge in [0.25, 0.3) is 0 Å². The fourth-order valence-corrected chi connectivity index (χ4v) is 2.14. The number of benzene rings is 2. The molecular formula is C17H15FINO3. The second-order valence-corrected chi connectivity index (χ2v) is 6.08. The molecule has 2 rings (SSSR count). The maximum absolute atomic E-state index is 12.7. The van der Waals surface area contributed by atoms with Gasteiger partial charge >= 0.3 is 0 Å². The smallest absolute Gasteiger partial charge is 0.224 e. The van der Waals surface area contributed by atoms with Crippen molar-refractivity contribution in [2.75, 3.05) is 11.9 Å². The largest absolute Gasteiger partial charge is 0.486 e. The van der Waals surface area contributed by atoms with Gasteiger partial charge in [0.15, 0.2) is 5.78 Å². The zero-order valence-corrected chi connectivity index (χ0v) is 14.4. The number of hydrogen-bond acceptors (Lipinski definition) is 3. The highest BCUT2D eigenvalue weighted by Gasteiger charge is 2.08. The first-order valence-electron chi connectivity index (χ1n) is 6.98. The Morgan fingerprint density at radius 3 is 2.30 bits per heavy atom. The van der Waals surface area contributed by atoms with Gasteiger partial charge in [-0.1, -0.05) is 0 Å². The molecule has 0 spiro atoms. The average Bonchev–Trinajstić information content (AvgIpc) is 2.54. The zero-order chi connectivity index (χ0) is 16.7. The van der Waals surface area contributed by atoms with Crippen LogP contribution in [0.1, 0.15) is 12.8 Å². The third-order valence-corrected chi connectivity index (χ3v) is 3.69. The third-order valence-electron chi connectivity index (χ3n) is 2.97. The van der Waals surface area contributed by atoms with Crippen LogP contribution in [-0.2, 0) is 9.59 Å². The average molecular weight is 427 g/mol. The predicted octanol–water partition coefficient (Wildman–Crippen LogP) is 3.80. The van der Waals surface area contributed by atoms with Crippen molar-refractivity contribution in [1.82, 2.24) is 0 Å². The first kappa shape index (κ1) is 17.4. The normalized spacial score (nSPS) is 10.2. The summed E-state index contributed by atoms with van der Waals surface area (Å²) < 4.78 is 19.0. The van der Waals surface area contributed by atoms with E-state index in [1.165, 1.54) is 24.3 Å². The molecule has 6 heteroatoms. The van der Waals surface area contributed by atoms with Crippen molar-refractivity contribution in [3.05, 3.63) is 57.9 Å². The minimum absolute atomic E-state index is 0.0946. The molecule has 0 atom stereocenters. The molecule has 1 amide bonds. The van der Waals surface area contributed by atoms with Crippen LogP contribution < -0.4 is 10.1 Å². The van der Waals surface area contributed by atoms with Crippen molar-refractivity contribution in [3.8, 4) is 5.75 Å². The molecule has 0 aromatic heterocycles. The molecule has 1 N–H and O–H groups in total. The number of Topliss-reactive ketones (excluding diaryl/α,β-unsaturated/α-hetero) is 1. The Morgan fingerprint density at radius 1 is 1.00 bits per heavy atom. The summed E-state index contributed by atoms with van der Waals surface area (Å²) in [6.07, 6.45) is 0.189. The Morgan fingerprint density at radius 2 is 1.65 bits per heavy atom. The molecule has 4 nitrogen and oxygen atoms in total. The van der Waals surface area contributed by atoms with Crippen LogP contribution >= 0.6 is 22.6 Å². The molecule has 0 unspecified atom stereocenters. The number of anilines is 1. The maximum Gasteiger partial charge on any atom is 0.224 e. The van der Waals surface area contributed by atoms with Crippen LogP contribution in [0.25, 0.3) is 0 Å². The number of halogens is 2. The summed E-state index contributed by atoms with van der Waals surface area (Å²) in [5, 5.41) is 2.73. The Bertz CT molecular complexity index is 671. The van der Waals surface area contributed by atoms with Gasteiger partial charge in [-0.3, -0.25) is 9.59 Å². The van der Waals surface area contributed by atoms with E-state index >= 15 is 0 Å². The third kappa shape index (κ3) is 6.35. The van der Waals surface area contributed by atoms with E-state index in [2.05, 4.69) is 27.9 Å². The summed E-state index contributed by atoms with van der Waals surface area (Å²) in [6.45, 7) is -0.136. The topological polar surface area (TPSA) is 55.4 Å². The number of carbonyl (C=O) groups excluding carboxylic acids is 2. The van der Waals surface area contributed by atoms with Gasteiger partial charge < -0.3 is 10.1 Å². The molecule has 0 aliphatic heterocycles. The SMILES string of the molecule is O=C(CCC(=O)Nc1ccc(I)cc1)COc1ccc(F)cc1. The fourth-order valence-electron chi connectivity index (χ4n) is 1.78. The number of ketones is 1. The highest BCUT2D eigenvalue weighted by molar-refractivity contribution is 14.1. The van der Waals surface area contributed by atoms with Gasteiger partial charge in [0.2, 0.25) is 5.91 Å². The minimum atomic E-state index is -0.365. The van der Waals surface area contributed by atoms with Crippen molar-refractivity contribution < 1.29 is 18.7 Å². The number of carbonyl (C=O) groups is 2. The molecule has 0 bridgehead atoms. The monoisotopic (exact) mass is 427 g/mol. The highest BCUT2D eigenvalue weighted by atomic mass is 127. The zero-order valence-electron chi connectivity index (χ0n) is 12.2. The molecule has 0 aliphatic rings. The number of amides is 1. The van der Waals surface area contributed by atoms with Gasteiger partial charge in [0, 0.05) is 22.1 Å². The van der Waals surface area contributed by atoms with E-state index < -0.39 is 0 Å². The van der Waals surface area contributed by atoms with Crippen LogP contribution in [0.4, 0.5) is 10.1 Å². The van der Waals surface area contributed by atoms with E-state index in [-0.39, 0.29) is 37.0 Å². The van der Waals surface area contributed by atoms with Gasteiger partial charge in [0.05, 0.1) is 0 Å².